The van der Waals surface area contributed by atoms with Gasteiger partial charge in [0.2, 0.25) is 11.8 Å². The number of hydrogen-bond donors (Lipinski definition) is 1. The first-order valence-corrected chi connectivity index (χ1v) is 11.1. The first kappa shape index (κ1) is 23.8. The Morgan fingerprint density at radius 1 is 1.06 bits per heavy atom. The zero-order chi connectivity index (χ0) is 23.3. The first-order valence-electron chi connectivity index (χ1n) is 10.4. The first-order chi connectivity index (χ1) is 15.3. The lowest BCUT2D eigenvalue weighted by atomic mass is 10.1. The largest absolute Gasteiger partial charge is 0.347 e. The van der Waals surface area contributed by atoms with Crippen molar-refractivity contribution in [3.05, 3.63) is 81.1 Å². The Kier molecular flexibility index (Phi) is 7.94. The van der Waals surface area contributed by atoms with Crippen molar-refractivity contribution in [2.24, 2.45) is 0 Å². The van der Waals surface area contributed by atoms with Gasteiger partial charge >= 0.3 is 0 Å². The fraction of sp³-hybridized carbons (Fsp3) is 0.292. The number of carbonyl (C=O) groups excluding carboxylic acids is 2. The molecular weight excluding hydrogens is 447 g/mol. The van der Waals surface area contributed by atoms with Crippen LogP contribution < -0.4 is 5.32 Å². The molecule has 1 N–H and O–H groups in total. The van der Waals surface area contributed by atoms with E-state index in [2.05, 4.69) is 10.4 Å². The smallest absolute Gasteiger partial charge is 0.242 e. The topological polar surface area (TPSA) is 67.2 Å². The maximum absolute atomic E-state index is 12.6. The molecule has 168 valence electrons. The lowest BCUT2D eigenvalue weighted by Gasteiger charge is -2.21. The SMILES string of the molecule is CCN(Cc1ccccc1)C(=O)CNC(=O)Cc1c(C)nn(-c2ccc(Cl)c(Cl)c2)c1C. The quantitative estimate of drug-likeness (QED) is 0.524. The summed E-state index contributed by atoms with van der Waals surface area (Å²) in [5.74, 6) is -0.348. The Balaban J connectivity index is 1.63. The van der Waals surface area contributed by atoms with Crippen molar-refractivity contribution in [1.82, 2.24) is 20.0 Å². The number of halogens is 2. The third kappa shape index (κ3) is 5.69. The minimum Gasteiger partial charge on any atom is -0.347 e. The van der Waals surface area contributed by atoms with E-state index >= 15 is 0 Å². The van der Waals surface area contributed by atoms with Crippen LogP contribution in [0.1, 0.15) is 29.4 Å². The fourth-order valence-corrected chi connectivity index (χ4v) is 3.78. The van der Waals surface area contributed by atoms with Crippen molar-refractivity contribution in [3.8, 4) is 5.69 Å². The monoisotopic (exact) mass is 472 g/mol. The van der Waals surface area contributed by atoms with E-state index in [1.54, 1.807) is 21.7 Å². The molecule has 1 aromatic heterocycles. The predicted molar refractivity (Wildman–Crippen MR) is 127 cm³/mol. The van der Waals surface area contributed by atoms with Gasteiger partial charge in [0.05, 0.1) is 34.4 Å². The summed E-state index contributed by atoms with van der Waals surface area (Å²) in [4.78, 5) is 26.9. The molecule has 0 saturated heterocycles. The second-order valence-electron chi connectivity index (χ2n) is 7.51. The second-order valence-corrected chi connectivity index (χ2v) is 8.32. The van der Waals surface area contributed by atoms with Gasteiger partial charge in [-0.3, -0.25) is 9.59 Å². The van der Waals surface area contributed by atoms with E-state index in [9.17, 15) is 9.59 Å². The Morgan fingerprint density at radius 2 is 1.78 bits per heavy atom. The molecule has 3 aromatic rings. The second kappa shape index (κ2) is 10.7. The minimum absolute atomic E-state index is 0.0431. The number of hydrogen-bond acceptors (Lipinski definition) is 3. The van der Waals surface area contributed by atoms with Gasteiger partial charge in [-0.15, -0.1) is 0 Å². The zero-order valence-electron chi connectivity index (χ0n) is 18.4. The van der Waals surface area contributed by atoms with E-state index < -0.39 is 0 Å². The molecule has 8 heteroatoms. The predicted octanol–water partition coefficient (Wildman–Crippen LogP) is 4.50. The molecule has 1 heterocycles. The Hall–Kier alpha value is -2.83. The highest BCUT2D eigenvalue weighted by molar-refractivity contribution is 6.42. The molecule has 32 heavy (non-hydrogen) atoms. The van der Waals surface area contributed by atoms with Crippen molar-refractivity contribution in [2.75, 3.05) is 13.1 Å². The van der Waals surface area contributed by atoms with Crippen LogP contribution in [0.25, 0.3) is 5.69 Å². The summed E-state index contributed by atoms with van der Waals surface area (Å²) in [5, 5.41) is 8.20. The summed E-state index contributed by atoms with van der Waals surface area (Å²) in [6.07, 6.45) is 0.136. The number of rotatable bonds is 8. The van der Waals surface area contributed by atoms with Crippen LogP contribution in [-0.2, 0) is 22.6 Å². The number of likely N-dealkylation sites (N-methyl/N-ethyl adjacent to an activating group) is 1. The van der Waals surface area contributed by atoms with Gasteiger partial charge in [-0.05, 0) is 44.5 Å². The summed E-state index contributed by atoms with van der Waals surface area (Å²) in [7, 11) is 0. The summed E-state index contributed by atoms with van der Waals surface area (Å²) in [5.41, 5.74) is 4.21. The summed E-state index contributed by atoms with van der Waals surface area (Å²) < 4.78 is 1.74. The van der Waals surface area contributed by atoms with Crippen LogP contribution in [0.15, 0.2) is 48.5 Å². The minimum atomic E-state index is -0.228. The van der Waals surface area contributed by atoms with Gasteiger partial charge < -0.3 is 10.2 Å². The van der Waals surface area contributed by atoms with Crippen molar-refractivity contribution < 1.29 is 9.59 Å². The van der Waals surface area contributed by atoms with E-state index in [0.717, 1.165) is 28.2 Å². The lowest BCUT2D eigenvalue weighted by molar-refractivity contribution is -0.133. The molecule has 0 spiro atoms. The van der Waals surface area contributed by atoms with Gasteiger partial charge in [0, 0.05) is 24.3 Å². The van der Waals surface area contributed by atoms with E-state index in [1.165, 1.54) is 0 Å². The van der Waals surface area contributed by atoms with Gasteiger partial charge in [-0.2, -0.15) is 5.10 Å². The highest BCUT2D eigenvalue weighted by Gasteiger charge is 2.18. The molecule has 6 nitrogen and oxygen atoms in total. The Labute approximate surface area is 198 Å². The van der Waals surface area contributed by atoms with Crippen molar-refractivity contribution >= 4 is 35.0 Å². The highest BCUT2D eigenvalue weighted by Crippen LogP contribution is 2.26. The summed E-state index contributed by atoms with van der Waals surface area (Å²) in [6.45, 7) is 6.71. The molecule has 2 amide bonds. The van der Waals surface area contributed by atoms with Gasteiger partial charge in [-0.1, -0.05) is 53.5 Å². The van der Waals surface area contributed by atoms with Crippen LogP contribution in [0.2, 0.25) is 10.0 Å². The number of aryl methyl sites for hydroxylation is 1. The van der Waals surface area contributed by atoms with Crippen LogP contribution in [0.4, 0.5) is 0 Å². The molecule has 0 fully saturated rings. The van der Waals surface area contributed by atoms with E-state index in [0.29, 0.717) is 23.1 Å². The molecule has 3 rings (SSSR count). The molecule has 0 aliphatic rings. The fourth-order valence-electron chi connectivity index (χ4n) is 3.49. The maximum atomic E-state index is 12.6. The van der Waals surface area contributed by atoms with Crippen LogP contribution in [0, 0.1) is 13.8 Å². The Bertz CT molecular complexity index is 1110. The number of benzene rings is 2. The number of nitrogens with zero attached hydrogens (tertiary/aromatic N) is 3. The van der Waals surface area contributed by atoms with Crippen molar-refractivity contribution in [3.63, 3.8) is 0 Å². The third-order valence-electron chi connectivity index (χ3n) is 5.31. The zero-order valence-corrected chi connectivity index (χ0v) is 19.9. The van der Waals surface area contributed by atoms with Crippen LogP contribution in [0.5, 0.6) is 0 Å². The van der Waals surface area contributed by atoms with Crippen LogP contribution >= 0.6 is 23.2 Å². The molecule has 0 radical (unpaired) electrons. The average Bonchev–Trinajstić information content (AvgIpc) is 3.06. The van der Waals surface area contributed by atoms with Crippen LogP contribution in [-0.4, -0.2) is 39.6 Å². The van der Waals surface area contributed by atoms with E-state index in [1.807, 2.05) is 57.2 Å². The number of amides is 2. The van der Waals surface area contributed by atoms with Crippen molar-refractivity contribution in [1.29, 1.82) is 0 Å². The molecule has 0 saturated carbocycles. The molecule has 0 bridgehead atoms. The van der Waals surface area contributed by atoms with E-state index in [-0.39, 0.29) is 24.8 Å². The number of aromatic nitrogens is 2. The van der Waals surface area contributed by atoms with Crippen molar-refractivity contribution in [2.45, 2.75) is 33.7 Å². The normalized spacial score (nSPS) is 10.8. The van der Waals surface area contributed by atoms with Gasteiger partial charge in [-0.25, -0.2) is 4.68 Å². The van der Waals surface area contributed by atoms with Gasteiger partial charge in [0.25, 0.3) is 0 Å². The standard InChI is InChI=1S/C24H26Cl2N4O2/c1-4-29(15-18-8-6-5-7-9-18)24(32)14-27-23(31)13-20-16(2)28-30(17(20)3)19-10-11-21(25)22(26)12-19/h5-12H,4,13-15H2,1-3H3,(H,27,31). The molecule has 0 aliphatic heterocycles. The van der Waals surface area contributed by atoms with Gasteiger partial charge in [0.15, 0.2) is 0 Å². The molecule has 2 aromatic carbocycles. The van der Waals surface area contributed by atoms with E-state index in [4.69, 9.17) is 23.2 Å². The molecular formula is C24H26Cl2N4O2. The molecule has 0 aliphatic carbocycles. The lowest BCUT2D eigenvalue weighted by Crippen LogP contribution is -2.40. The maximum Gasteiger partial charge on any atom is 0.242 e. The molecule has 0 unspecified atom stereocenters. The highest BCUT2D eigenvalue weighted by atomic mass is 35.5. The summed E-state index contributed by atoms with van der Waals surface area (Å²) >= 11 is 12.1. The summed E-state index contributed by atoms with van der Waals surface area (Å²) in [6, 6.07) is 15.0. The van der Waals surface area contributed by atoms with Crippen LogP contribution in [0.3, 0.4) is 0 Å². The molecule has 0 atom stereocenters. The average molecular weight is 473 g/mol. The number of carbonyl (C=O) groups is 2. The third-order valence-corrected chi connectivity index (χ3v) is 6.05. The Morgan fingerprint density at radius 3 is 2.44 bits per heavy atom. The number of nitrogens with one attached hydrogen (secondary N) is 1. The van der Waals surface area contributed by atoms with Gasteiger partial charge in [0.1, 0.15) is 0 Å².